The Bertz CT molecular complexity index is 353. The summed E-state index contributed by atoms with van der Waals surface area (Å²) < 4.78 is 0. The minimum absolute atomic E-state index is 0.0158. The lowest BCUT2D eigenvalue weighted by molar-refractivity contribution is 0.372. The Kier molecular flexibility index (Phi) is 3.56. The van der Waals surface area contributed by atoms with E-state index in [1.165, 1.54) is 32.1 Å². The molecule has 3 heteroatoms. The lowest BCUT2D eigenvalue weighted by atomic mass is 9.95. The second-order valence-electron chi connectivity index (χ2n) is 4.28. The summed E-state index contributed by atoms with van der Waals surface area (Å²) in [6.07, 6.45) is 8.33. The number of rotatable bonds is 3. The van der Waals surface area contributed by atoms with E-state index in [0.717, 1.165) is 12.1 Å². The maximum absolute atomic E-state index is 11.1. The van der Waals surface area contributed by atoms with E-state index in [2.05, 4.69) is 10.3 Å². The van der Waals surface area contributed by atoms with Crippen LogP contribution in [0.2, 0.25) is 0 Å². The van der Waals surface area contributed by atoms with Crippen molar-refractivity contribution in [1.29, 1.82) is 0 Å². The molecule has 1 aliphatic rings. The van der Waals surface area contributed by atoms with Gasteiger partial charge in [0, 0.05) is 24.8 Å². The van der Waals surface area contributed by atoms with Crippen LogP contribution in [0.25, 0.3) is 0 Å². The first-order valence-electron chi connectivity index (χ1n) is 5.75. The molecule has 2 N–H and O–H groups in total. The Morgan fingerprint density at radius 2 is 2.13 bits per heavy atom. The maximum atomic E-state index is 11.1. The van der Waals surface area contributed by atoms with Gasteiger partial charge in [-0.3, -0.25) is 4.79 Å². The number of pyridine rings is 1. The van der Waals surface area contributed by atoms with Crippen LogP contribution in [0.1, 0.15) is 37.7 Å². The molecule has 0 spiro atoms. The molecule has 2 rings (SSSR count). The molecule has 15 heavy (non-hydrogen) atoms. The third-order valence-electron chi connectivity index (χ3n) is 3.04. The Balaban J connectivity index is 1.84. The van der Waals surface area contributed by atoms with Gasteiger partial charge in [-0.1, -0.05) is 19.3 Å². The Morgan fingerprint density at radius 1 is 1.33 bits per heavy atom. The van der Waals surface area contributed by atoms with Crippen LogP contribution >= 0.6 is 0 Å². The van der Waals surface area contributed by atoms with Crippen molar-refractivity contribution in [1.82, 2.24) is 10.3 Å². The zero-order chi connectivity index (χ0) is 10.5. The zero-order valence-electron chi connectivity index (χ0n) is 8.96. The van der Waals surface area contributed by atoms with E-state index in [0.29, 0.717) is 6.04 Å². The molecular formula is C12H18N2O. The summed E-state index contributed by atoms with van der Waals surface area (Å²) in [6.45, 7) is 0.814. The van der Waals surface area contributed by atoms with Crippen molar-refractivity contribution in [3.05, 3.63) is 34.2 Å². The van der Waals surface area contributed by atoms with Crippen LogP contribution in [-0.2, 0) is 6.54 Å². The molecule has 1 fully saturated rings. The number of nitrogens with one attached hydrogen (secondary N) is 2. The summed E-state index contributed by atoms with van der Waals surface area (Å²) in [5, 5.41) is 3.51. The highest BCUT2D eigenvalue weighted by atomic mass is 16.1. The Hall–Kier alpha value is -1.09. The number of H-pyrrole nitrogens is 1. The summed E-state index contributed by atoms with van der Waals surface area (Å²) in [5.41, 5.74) is 1.06. The van der Waals surface area contributed by atoms with E-state index in [-0.39, 0.29) is 5.56 Å². The smallest absolute Gasteiger partial charge is 0.248 e. The number of aromatic amines is 1. The number of aromatic nitrogens is 1. The number of hydrogen-bond acceptors (Lipinski definition) is 2. The Labute approximate surface area is 89.9 Å². The summed E-state index contributed by atoms with van der Waals surface area (Å²) in [7, 11) is 0. The fraction of sp³-hybridized carbons (Fsp3) is 0.583. The van der Waals surface area contributed by atoms with Gasteiger partial charge in [-0.15, -0.1) is 0 Å². The van der Waals surface area contributed by atoms with Gasteiger partial charge in [-0.05, 0) is 24.5 Å². The van der Waals surface area contributed by atoms with Crippen LogP contribution in [0.3, 0.4) is 0 Å². The predicted octanol–water partition coefficient (Wildman–Crippen LogP) is 1.80. The van der Waals surface area contributed by atoms with E-state index in [4.69, 9.17) is 0 Å². The minimum Gasteiger partial charge on any atom is -0.329 e. The topological polar surface area (TPSA) is 44.9 Å². The first kappa shape index (κ1) is 10.4. The first-order chi connectivity index (χ1) is 7.34. The van der Waals surface area contributed by atoms with Gasteiger partial charge in [0.15, 0.2) is 0 Å². The van der Waals surface area contributed by atoms with Crippen molar-refractivity contribution in [3.8, 4) is 0 Å². The molecule has 0 radical (unpaired) electrons. The van der Waals surface area contributed by atoms with Gasteiger partial charge in [0.1, 0.15) is 0 Å². The van der Waals surface area contributed by atoms with Crippen LogP contribution < -0.4 is 10.9 Å². The molecular weight excluding hydrogens is 188 g/mol. The molecule has 1 heterocycles. The molecule has 1 aromatic heterocycles. The lowest BCUT2D eigenvalue weighted by Crippen LogP contribution is -2.30. The molecule has 3 nitrogen and oxygen atoms in total. The molecule has 0 atom stereocenters. The number of hydrogen-bond donors (Lipinski definition) is 2. The quantitative estimate of drug-likeness (QED) is 0.792. The molecule has 1 aromatic rings. The predicted molar refractivity (Wildman–Crippen MR) is 60.8 cm³/mol. The normalized spacial score (nSPS) is 17.9. The molecule has 0 bridgehead atoms. The van der Waals surface area contributed by atoms with Crippen molar-refractivity contribution in [3.63, 3.8) is 0 Å². The largest absolute Gasteiger partial charge is 0.329 e. The lowest BCUT2D eigenvalue weighted by Gasteiger charge is -2.22. The van der Waals surface area contributed by atoms with E-state index >= 15 is 0 Å². The van der Waals surface area contributed by atoms with E-state index in [1.54, 1.807) is 12.3 Å². The zero-order valence-corrected chi connectivity index (χ0v) is 8.96. The van der Waals surface area contributed by atoms with Crippen LogP contribution in [0.5, 0.6) is 0 Å². The molecule has 0 aliphatic heterocycles. The molecule has 0 saturated heterocycles. The molecule has 82 valence electrons. The fourth-order valence-electron chi connectivity index (χ4n) is 2.17. The van der Waals surface area contributed by atoms with Crippen LogP contribution in [-0.4, -0.2) is 11.0 Å². The molecule has 0 unspecified atom stereocenters. The fourth-order valence-corrected chi connectivity index (χ4v) is 2.17. The van der Waals surface area contributed by atoms with Crippen molar-refractivity contribution in [2.24, 2.45) is 0 Å². The van der Waals surface area contributed by atoms with Crippen LogP contribution in [0.4, 0.5) is 0 Å². The second-order valence-corrected chi connectivity index (χ2v) is 4.28. The first-order valence-corrected chi connectivity index (χ1v) is 5.75. The maximum Gasteiger partial charge on any atom is 0.248 e. The van der Waals surface area contributed by atoms with Gasteiger partial charge in [0.05, 0.1) is 0 Å². The highest BCUT2D eigenvalue weighted by Gasteiger charge is 2.11. The second kappa shape index (κ2) is 5.12. The standard InChI is InChI=1S/C12H18N2O/c15-12-8-10(6-7-13-12)9-14-11-4-2-1-3-5-11/h6-8,11,14H,1-5,9H2,(H,13,15). The average Bonchev–Trinajstić information content (AvgIpc) is 2.28. The molecule has 0 aromatic carbocycles. The third-order valence-corrected chi connectivity index (χ3v) is 3.04. The molecule has 1 aliphatic carbocycles. The van der Waals surface area contributed by atoms with E-state index < -0.39 is 0 Å². The van der Waals surface area contributed by atoms with E-state index in [9.17, 15) is 4.79 Å². The van der Waals surface area contributed by atoms with Crippen molar-refractivity contribution in [2.45, 2.75) is 44.7 Å². The van der Waals surface area contributed by atoms with Gasteiger partial charge in [-0.25, -0.2) is 0 Å². The SMILES string of the molecule is O=c1cc(CNC2CCCCC2)cc[nH]1. The molecule has 1 saturated carbocycles. The van der Waals surface area contributed by atoms with Crippen LogP contribution in [0, 0.1) is 0 Å². The van der Waals surface area contributed by atoms with Gasteiger partial charge in [0.2, 0.25) is 5.56 Å². The van der Waals surface area contributed by atoms with Crippen molar-refractivity contribution >= 4 is 0 Å². The van der Waals surface area contributed by atoms with Gasteiger partial charge < -0.3 is 10.3 Å². The van der Waals surface area contributed by atoms with Gasteiger partial charge in [0.25, 0.3) is 0 Å². The van der Waals surface area contributed by atoms with Gasteiger partial charge >= 0.3 is 0 Å². The monoisotopic (exact) mass is 206 g/mol. The summed E-state index contributed by atoms with van der Waals surface area (Å²) in [6, 6.07) is 4.27. The van der Waals surface area contributed by atoms with Crippen molar-refractivity contribution < 1.29 is 0 Å². The Morgan fingerprint density at radius 3 is 2.87 bits per heavy atom. The third kappa shape index (κ3) is 3.20. The highest BCUT2D eigenvalue weighted by Crippen LogP contribution is 2.17. The summed E-state index contributed by atoms with van der Waals surface area (Å²) in [5.74, 6) is 0. The average molecular weight is 206 g/mol. The summed E-state index contributed by atoms with van der Waals surface area (Å²) in [4.78, 5) is 13.7. The van der Waals surface area contributed by atoms with E-state index in [1.807, 2.05) is 6.07 Å². The molecule has 0 amide bonds. The minimum atomic E-state index is -0.0158. The summed E-state index contributed by atoms with van der Waals surface area (Å²) >= 11 is 0. The highest BCUT2D eigenvalue weighted by molar-refractivity contribution is 5.09. The van der Waals surface area contributed by atoms with Gasteiger partial charge in [-0.2, -0.15) is 0 Å². The van der Waals surface area contributed by atoms with Crippen LogP contribution in [0.15, 0.2) is 23.1 Å². The van der Waals surface area contributed by atoms with Crippen molar-refractivity contribution in [2.75, 3.05) is 0 Å².